The zero-order valence-corrected chi connectivity index (χ0v) is 11.6. The van der Waals surface area contributed by atoms with E-state index in [0.29, 0.717) is 10.7 Å². The molecular formula is C12H9ClN2O4S. The van der Waals surface area contributed by atoms with Crippen LogP contribution in [0.15, 0.2) is 53.4 Å². The molecule has 0 aliphatic rings. The monoisotopic (exact) mass is 312 g/mol. The Morgan fingerprint density at radius 1 is 1.00 bits per heavy atom. The van der Waals surface area contributed by atoms with E-state index in [4.69, 9.17) is 11.6 Å². The molecule has 0 saturated heterocycles. The van der Waals surface area contributed by atoms with Crippen LogP contribution in [-0.4, -0.2) is 13.3 Å². The molecule has 0 spiro atoms. The summed E-state index contributed by atoms with van der Waals surface area (Å²) < 4.78 is 26.5. The fourth-order valence-electron chi connectivity index (χ4n) is 1.48. The second-order valence-electron chi connectivity index (χ2n) is 3.86. The second kappa shape index (κ2) is 5.48. The number of nitro benzene ring substituents is 1. The Hall–Kier alpha value is -2.12. The van der Waals surface area contributed by atoms with Crippen LogP contribution in [0.1, 0.15) is 0 Å². The maximum absolute atomic E-state index is 12.1. The summed E-state index contributed by atoms with van der Waals surface area (Å²) in [6, 6.07) is 10.8. The van der Waals surface area contributed by atoms with Gasteiger partial charge in [-0.25, -0.2) is 8.42 Å². The molecule has 104 valence electrons. The van der Waals surface area contributed by atoms with Gasteiger partial charge in [0.2, 0.25) is 0 Å². The number of rotatable bonds is 4. The lowest BCUT2D eigenvalue weighted by Crippen LogP contribution is -2.12. The molecule has 2 aromatic carbocycles. The highest BCUT2D eigenvalue weighted by Crippen LogP contribution is 2.20. The molecule has 0 bridgehead atoms. The number of benzene rings is 2. The van der Waals surface area contributed by atoms with Gasteiger partial charge >= 0.3 is 0 Å². The Morgan fingerprint density at radius 2 is 1.55 bits per heavy atom. The lowest BCUT2D eigenvalue weighted by molar-refractivity contribution is -0.384. The average Bonchev–Trinajstić information content (AvgIpc) is 2.41. The van der Waals surface area contributed by atoms with Crippen LogP contribution in [0.3, 0.4) is 0 Å². The first-order chi connectivity index (χ1) is 9.38. The Labute approximate surface area is 120 Å². The predicted molar refractivity (Wildman–Crippen MR) is 75.4 cm³/mol. The van der Waals surface area contributed by atoms with Gasteiger partial charge in [-0.1, -0.05) is 11.6 Å². The van der Waals surface area contributed by atoms with Crippen LogP contribution in [0, 0.1) is 10.1 Å². The maximum Gasteiger partial charge on any atom is 0.269 e. The molecule has 20 heavy (non-hydrogen) atoms. The molecule has 0 aliphatic carbocycles. The quantitative estimate of drug-likeness (QED) is 0.694. The summed E-state index contributed by atoms with van der Waals surface area (Å²) in [4.78, 5) is 9.86. The van der Waals surface area contributed by atoms with Crippen LogP contribution >= 0.6 is 11.6 Å². The van der Waals surface area contributed by atoms with E-state index in [1.807, 2.05) is 0 Å². The van der Waals surface area contributed by atoms with Crippen LogP contribution in [0.5, 0.6) is 0 Å². The maximum atomic E-state index is 12.1. The zero-order chi connectivity index (χ0) is 14.8. The fraction of sp³-hybridized carbons (Fsp3) is 0. The van der Waals surface area contributed by atoms with E-state index in [1.165, 1.54) is 24.3 Å². The minimum atomic E-state index is -3.78. The molecule has 0 atom stereocenters. The number of nitrogens with zero attached hydrogens (tertiary/aromatic N) is 1. The van der Waals surface area contributed by atoms with Gasteiger partial charge < -0.3 is 0 Å². The zero-order valence-electron chi connectivity index (χ0n) is 9.99. The molecule has 0 aliphatic heterocycles. The summed E-state index contributed by atoms with van der Waals surface area (Å²) >= 11 is 5.71. The Morgan fingerprint density at radius 3 is 2.05 bits per heavy atom. The molecule has 0 saturated carbocycles. The topological polar surface area (TPSA) is 89.3 Å². The van der Waals surface area contributed by atoms with Crippen LogP contribution in [0.4, 0.5) is 11.4 Å². The van der Waals surface area contributed by atoms with Crippen molar-refractivity contribution >= 4 is 33.0 Å². The Bertz CT molecular complexity index is 727. The van der Waals surface area contributed by atoms with E-state index in [9.17, 15) is 18.5 Å². The number of sulfonamides is 1. The fourth-order valence-corrected chi connectivity index (χ4v) is 2.66. The SMILES string of the molecule is O=[N+]([O-])c1ccc(S(=O)(=O)Nc2ccc(Cl)cc2)cc1. The van der Waals surface area contributed by atoms with Crippen molar-refractivity contribution in [3.63, 3.8) is 0 Å². The number of nitro groups is 1. The number of halogens is 1. The number of hydrogen-bond donors (Lipinski definition) is 1. The van der Waals surface area contributed by atoms with Gasteiger partial charge in [0, 0.05) is 22.8 Å². The van der Waals surface area contributed by atoms with Crippen molar-refractivity contribution in [3.05, 3.63) is 63.7 Å². The summed E-state index contributed by atoms with van der Waals surface area (Å²) in [6.07, 6.45) is 0. The van der Waals surface area contributed by atoms with E-state index in [0.717, 1.165) is 12.1 Å². The van der Waals surface area contributed by atoms with Crippen molar-refractivity contribution in [1.29, 1.82) is 0 Å². The molecule has 1 N–H and O–H groups in total. The van der Waals surface area contributed by atoms with Gasteiger partial charge in [-0.2, -0.15) is 0 Å². The molecule has 6 nitrogen and oxygen atoms in total. The highest BCUT2D eigenvalue weighted by atomic mass is 35.5. The average molecular weight is 313 g/mol. The normalized spacial score (nSPS) is 11.1. The minimum absolute atomic E-state index is 0.0574. The Kier molecular flexibility index (Phi) is 3.91. The predicted octanol–water partition coefficient (Wildman–Crippen LogP) is 3.05. The molecule has 0 aromatic heterocycles. The first-order valence-electron chi connectivity index (χ1n) is 5.41. The van der Waals surface area contributed by atoms with Crippen LogP contribution in [-0.2, 0) is 10.0 Å². The van der Waals surface area contributed by atoms with Gasteiger partial charge in [0.15, 0.2) is 0 Å². The van der Waals surface area contributed by atoms with Crippen molar-refractivity contribution in [2.75, 3.05) is 4.72 Å². The third-order valence-corrected chi connectivity index (χ3v) is 4.10. The van der Waals surface area contributed by atoms with E-state index in [1.54, 1.807) is 12.1 Å². The third kappa shape index (κ3) is 3.25. The second-order valence-corrected chi connectivity index (χ2v) is 5.98. The van der Waals surface area contributed by atoms with E-state index >= 15 is 0 Å². The summed E-state index contributed by atoms with van der Waals surface area (Å²) in [6.45, 7) is 0. The van der Waals surface area contributed by atoms with Crippen LogP contribution < -0.4 is 4.72 Å². The van der Waals surface area contributed by atoms with E-state index in [-0.39, 0.29) is 10.6 Å². The number of hydrogen-bond acceptors (Lipinski definition) is 4. The number of nitrogens with one attached hydrogen (secondary N) is 1. The molecule has 0 amide bonds. The van der Waals surface area contributed by atoms with Crippen molar-refractivity contribution in [1.82, 2.24) is 0 Å². The van der Waals surface area contributed by atoms with E-state index < -0.39 is 14.9 Å². The summed E-state index contributed by atoms with van der Waals surface area (Å²) in [7, 11) is -3.78. The molecule has 2 rings (SSSR count). The van der Waals surface area contributed by atoms with Gasteiger partial charge in [0.1, 0.15) is 0 Å². The van der Waals surface area contributed by atoms with Crippen molar-refractivity contribution in [3.8, 4) is 0 Å². The lowest BCUT2D eigenvalue weighted by Gasteiger charge is -2.07. The highest BCUT2D eigenvalue weighted by molar-refractivity contribution is 7.92. The molecule has 0 fully saturated rings. The summed E-state index contributed by atoms with van der Waals surface area (Å²) in [5, 5.41) is 11.0. The van der Waals surface area contributed by atoms with E-state index in [2.05, 4.69) is 4.72 Å². The smallest absolute Gasteiger partial charge is 0.269 e. The molecule has 8 heteroatoms. The summed E-state index contributed by atoms with van der Waals surface area (Å²) in [5.41, 5.74) is 0.184. The first kappa shape index (κ1) is 14.3. The van der Waals surface area contributed by atoms with Crippen molar-refractivity contribution in [2.24, 2.45) is 0 Å². The highest BCUT2D eigenvalue weighted by Gasteiger charge is 2.15. The summed E-state index contributed by atoms with van der Waals surface area (Å²) in [5.74, 6) is 0. The standard InChI is InChI=1S/C12H9ClN2O4S/c13-9-1-3-10(4-2-9)14-20(18,19)12-7-5-11(6-8-12)15(16)17/h1-8,14H. The molecular weight excluding hydrogens is 304 g/mol. The Balaban J connectivity index is 2.26. The lowest BCUT2D eigenvalue weighted by atomic mass is 10.3. The first-order valence-corrected chi connectivity index (χ1v) is 7.27. The van der Waals surface area contributed by atoms with Crippen LogP contribution in [0.2, 0.25) is 5.02 Å². The molecule has 0 unspecified atom stereocenters. The van der Waals surface area contributed by atoms with Gasteiger partial charge in [0.25, 0.3) is 15.7 Å². The molecule has 0 radical (unpaired) electrons. The number of anilines is 1. The van der Waals surface area contributed by atoms with Crippen molar-refractivity contribution in [2.45, 2.75) is 4.90 Å². The van der Waals surface area contributed by atoms with Crippen molar-refractivity contribution < 1.29 is 13.3 Å². The molecule has 2 aromatic rings. The minimum Gasteiger partial charge on any atom is -0.280 e. The van der Waals surface area contributed by atoms with Gasteiger partial charge in [-0.15, -0.1) is 0 Å². The largest absolute Gasteiger partial charge is 0.280 e. The number of non-ortho nitro benzene ring substituents is 1. The van der Waals surface area contributed by atoms with Gasteiger partial charge in [-0.05, 0) is 36.4 Å². The van der Waals surface area contributed by atoms with Gasteiger partial charge in [0.05, 0.1) is 9.82 Å². The van der Waals surface area contributed by atoms with Crippen LogP contribution in [0.25, 0.3) is 0 Å². The van der Waals surface area contributed by atoms with Gasteiger partial charge in [-0.3, -0.25) is 14.8 Å². The third-order valence-electron chi connectivity index (χ3n) is 2.45. The molecule has 0 heterocycles.